The monoisotopic (exact) mass is 504 g/mol. The zero-order valence-electron chi connectivity index (χ0n) is 22.7. The van der Waals surface area contributed by atoms with E-state index in [1.165, 1.54) is 7.11 Å². The molecular weight excluding hydrogens is 468 g/mol. The Labute approximate surface area is 218 Å². The first kappa shape index (κ1) is 26.4. The van der Waals surface area contributed by atoms with E-state index in [0.29, 0.717) is 18.7 Å². The van der Waals surface area contributed by atoms with Crippen molar-refractivity contribution in [2.75, 3.05) is 13.7 Å². The Balaban J connectivity index is 1.78. The molecule has 4 aromatic rings. The van der Waals surface area contributed by atoms with Crippen molar-refractivity contribution in [1.29, 1.82) is 0 Å². The summed E-state index contributed by atoms with van der Waals surface area (Å²) in [5.41, 5.74) is 3.38. The molecule has 0 saturated heterocycles. The molecule has 196 valence electrons. The summed E-state index contributed by atoms with van der Waals surface area (Å²) in [5.74, 6) is 0.388. The summed E-state index contributed by atoms with van der Waals surface area (Å²) < 4.78 is 20.9. The lowest BCUT2D eigenvalue weighted by Gasteiger charge is -2.24. The van der Waals surface area contributed by atoms with Crippen molar-refractivity contribution < 1.29 is 19.0 Å². The second kappa shape index (κ2) is 10.4. The van der Waals surface area contributed by atoms with Gasteiger partial charge >= 0.3 is 5.97 Å². The lowest BCUT2D eigenvalue weighted by molar-refractivity contribution is -0.169. The number of fused-ring (bicyclic) bond motifs is 1. The fraction of sp³-hybridized carbons (Fsp3) is 0.414. The number of aryl methyl sites for hydroxylation is 1. The number of hydrogen-bond acceptors (Lipinski definition) is 6. The first-order valence-electron chi connectivity index (χ1n) is 12.5. The topological polar surface area (TPSA) is 80.4 Å². The Hall–Kier alpha value is -3.65. The van der Waals surface area contributed by atoms with Crippen LogP contribution >= 0.6 is 0 Å². The van der Waals surface area contributed by atoms with Crippen LogP contribution < -0.4 is 4.74 Å². The highest BCUT2D eigenvalue weighted by Crippen LogP contribution is 2.31. The second-order valence-electron chi connectivity index (χ2n) is 10.7. The Morgan fingerprint density at radius 2 is 1.81 bits per heavy atom. The predicted octanol–water partition coefficient (Wildman–Crippen LogP) is 5.71. The summed E-state index contributed by atoms with van der Waals surface area (Å²) in [5, 5.41) is 10.4. The summed E-state index contributed by atoms with van der Waals surface area (Å²) in [4.78, 5) is 12.3. The first-order chi connectivity index (χ1) is 17.5. The third kappa shape index (κ3) is 5.69. The van der Waals surface area contributed by atoms with Crippen LogP contribution in [-0.2, 0) is 27.9 Å². The number of carbonyl (C=O) groups is 1. The molecule has 2 aromatic carbocycles. The summed E-state index contributed by atoms with van der Waals surface area (Å²) in [7, 11) is 3.29. The average Bonchev–Trinajstić information content (AvgIpc) is 3.49. The molecule has 0 aliphatic heterocycles. The maximum atomic E-state index is 12.3. The number of nitrogens with zero attached hydrogens (tertiary/aromatic N) is 4. The molecule has 4 rings (SSSR count). The van der Waals surface area contributed by atoms with E-state index in [1.807, 2.05) is 78.1 Å². The van der Waals surface area contributed by atoms with E-state index in [9.17, 15) is 4.79 Å². The van der Waals surface area contributed by atoms with Crippen LogP contribution in [0.3, 0.4) is 0 Å². The van der Waals surface area contributed by atoms with E-state index < -0.39 is 11.6 Å². The van der Waals surface area contributed by atoms with Crippen molar-refractivity contribution in [3.05, 3.63) is 60.4 Å². The average molecular weight is 505 g/mol. The summed E-state index contributed by atoms with van der Waals surface area (Å²) in [6, 6.07) is 16.1. The van der Waals surface area contributed by atoms with Gasteiger partial charge in [-0.25, -0.2) is 9.48 Å². The molecule has 0 fully saturated rings. The fourth-order valence-electron chi connectivity index (χ4n) is 4.07. The largest absolute Gasteiger partial charge is 0.493 e. The van der Waals surface area contributed by atoms with Gasteiger partial charge in [0.1, 0.15) is 5.75 Å². The number of esters is 1. The number of hydrogen-bond donors (Lipinski definition) is 0. The Kier molecular flexibility index (Phi) is 7.41. The van der Waals surface area contributed by atoms with Crippen molar-refractivity contribution in [2.45, 2.75) is 53.2 Å². The van der Waals surface area contributed by atoms with Gasteiger partial charge in [-0.15, -0.1) is 0 Å². The van der Waals surface area contributed by atoms with Crippen LogP contribution in [0.2, 0.25) is 0 Å². The number of methoxy groups -OCH3 is 1. The number of benzene rings is 2. The van der Waals surface area contributed by atoms with Crippen LogP contribution in [0.15, 0.2) is 54.7 Å². The molecule has 2 heterocycles. The molecule has 8 nitrogen and oxygen atoms in total. The zero-order valence-corrected chi connectivity index (χ0v) is 22.7. The van der Waals surface area contributed by atoms with Gasteiger partial charge in [-0.2, -0.15) is 10.2 Å². The molecule has 2 aromatic heterocycles. The van der Waals surface area contributed by atoms with Crippen LogP contribution in [0.25, 0.3) is 27.8 Å². The van der Waals surface area contributed by atoms with Crippen molar-refractivity contribution in [3.8, 4) is 22.7 Å². The third-order valence-corrected chi connectivity index (χ3v) is 6.36. The van der Waals surface area contributed by atoms with Gasteiger partial charge in [0, 0.05) is 18.0 Å². The van der Waals surface area contributed by atoms with E-state index in [2.05, 4.69) is 25.9 Å². The maximum absolute atomic E-state index is 12.3. The minimum Gasteiger partial charge on any atom is -0.493 e. The van der Waals surface area contributed by atoms with E-state index >= 15 is 0 Å². The van der Waals surface area contributed by atoms with E-state index in [-0.39, 0.29) is 12.0 Å². The first-order valence-corrected chi connectivity index (χ1v) is 12.5. The maximum Gasteiger partial charge on any atom is 0.337 e. The smallest absolute Gasteiger partial charge is 0.337 e. The molecule has 1 atom stereocenters. The minimum atomic E-state index is -1.05. The van der Waals surface area contributed by atoms with E-state index in [1.54, 1.807) is 6.92 Å². The third-order valence-electron chi connectivity index (χ3n) is 6.36. The number of aromatic nitrogens is 4. The molecule has 0 bridgehead atoms. The van der Waals surface area contributed by atoms with Crippen LogP contribution in [0.5, 0.6) is 5.75 Å². The van der Waals surface area contributed by atoms with Gasteiger partial charge in [-0.3, -0.25) is 4.68 Å². The number of para-hydroxylation sites is 1. The van der Waals surface area contributed by atoms with Crippen LogP contribution in [0.1, 0.15) is 46.7 Å². The lowest BCUT2D eigenvalue weighted by atomic mass is 9.99. The molecule has 0 spiro atoms. The van der Waals surface area contributed by atoms with Gasteiger partial charge in [0.05, 0.1) is 49.1 Å². The quantitative estimate of drug-likeness (QED) is 0.272. The van der Waals surface area contributed by atoms with Gasteiger partial charge in [0.2, 0.25) is 0 Å². The van der Waals surface area contributed by atoms with E-state index in [4.69, 9.17) is 19.3 Å². The zero-order chi connectivity index (χ0) is 26.8. The molecule has 0 amide bonds. The molecular formula is C29H36N4O4. The Bertz CT molecular complexity index is 1400. The molecule has 0 unspecified atom stereocenters. The predicted molar refractivity (Wildman–Crippen MR) is 144 cm³/mol. The normalized spacial score (nSPS) is 13.5. The van der Waals surface area contributed by atoms with Crippen molar-refractivity contribution in [1.82, 2.24) is 19.6 Å². The van der Waals surface area contributed by atoms with Gasteiger partial charge < -0.3 is 14.2 Å². The van der Waals surface area contributed by atoms with Crippen LogP contribution in [0.4, 0.5) is 0 Å². The SMILES string of the molecule is CC[C@@](C)(OCc1cc(-c2cccc(OCC(C)(C)C)c2)n(-c2cccc3cnn(C)c23)n1)C(=O)OC. The number of ether oxygens (including phenoxy) is 3. The van der Waals surface area contributed by atoms with Crippen molar-refractivity contribution in [3.63, 3.8) is 0 Å². The molecule has 0 radical (unpaired) electrons. The highest BCUT2D eigenvalue weighted by molar-refractivity contribution is 5.87. The summed E-state index contributed by atoms with van der Waals surface area (Å²) in [6.45, 7) is 10.8. The van der Waals surface area contributed by atoms with Gasteiger partial charge in [0.25, 0.3) is 0 Å². The van der Waals surface area contributed by atoms with Gasteiger partial charge in [-0.1, -0.05) is 52.0 Å². The fourth-order valence-corrected chi connectivity index (χ4v) is 4.07. The van der Waals surface area contributed by atoms with Crippen LogP contribution in [-0.4, -0.2) is 44.8 Å². The number of rotatable bonds is 9. The molecule has 0 aliphatic carbocycles. The van der Waals surface area contributed by atoms with Crippen LogP contribution in [0, 0.1) is 5.41 Å². The molecule has 0 aliphatic rings. The summed E-state index contributed by atoms with van der Waals surface area (Å²) >= 11 is 0. The van der Waals surface area contributed by atoms with Gasteiger partial charge in [0.15, 0.2) is 5.60 Å². The highest BCUT2D eigenvalue weighted by Gasteiger charge is 2.34. The van der Waals surface area contributed by atoms with Gasteiger partial charge in [-0.05, 0) is 43.0 Å². The number of carbonyl (C=O) groups excluding carboxylic acids is 1. The molecule has 8 heteroatoms. The Morgan fingerprint density at radius 1 is 1.05 bits per heavy atom. The molecule has 0 saturated carbocycles. The Morgan fingerprint density at radius 3 is 2.51 bits per heavy atom. The minimum absolute atomic E-state index is 0.0447. The second-order valence-corrected chi connectivity index (χ2v) is 10.7. The van der Waals surface area contributed by atoms with Crippen molar-refractivity contribution >= 4 is 16.9 Å². The standard InChI is InChI=1S/C29H36N4O4/c1-8-29(5,27(34)35-7)37-18-22-16-25(20-11-9-13-23(15-20)36-19-28(2,3)4)33(31-22)24-14-10-12-21-17-30-32(6)26(21)24/h9-17H,8,18-19H2,1-7H3/t29-/m1/s1. The molecule has 37 heavy (non-hydrogen) atoms. The molecule has 0 N–H and O–H groups in total. The lowest BCUT2D eigenvalue weighted by Crippen LogP contribution is -2.38. The highest BCUT2D eigenvalue weighted by atomic mass is 16.6. The van der Waals surface area contributed by atoms with E-state index in [0.717, 1.165) is 33.6 Å². The van der Waals surface area contributed by atoms with Crippen molar-refractivity contribution in [2.24, 2.45) is 12.5 Å². The summed E-state index contributed by atoms with van der Waals surface area (Å²) in [6.07, 6.45) is 2.32.